The van der Waals surface area contributed by atoms with Gasteiger partial charge < -0.3 is 5.73 Å². The molecule has 1 aliphatic rings. The molecule has 0 heterocycles. The standard InChI is InChI=1S/C14H20ClNOS/c1-10-3-2-4-12(7-10)18(17)9-11-5-6-13(15)14(16)8-11/h5-6,8,10,12H,2-4,7,9,16H2,1H3. The highest BCUT2D eigenvalue weighted by atomic mass is 35.5. The molecule has 100 valence electrons. The number of benzene rings is 1. The third kappa shape index (κ3) is 3.48. The van der Waals surface area contributed by atoms with Crippen LogP contribution in [-0.2, 0) is 16.6 Å². The highest BCUT2D eigenvalue weighted by Crippen LogP contribution is 2.29. The van der Waals surface area contributed by atoms with Gasteiger partial charge in [-0.15, -0.1) is 0 Å². The average molecular weight is 286 g/mol. The zero-order valence-electron chi connectivity index (χ0n) is 10.7. The van der Waals surface area contributed by atoms with E-state index < -0.39 is 10.8 Å². The first-order valence-electron chi connectivity index (χ1n) is 6.47. The number of nitrogen functional groups attached to an aromatic ring is 1. The molecule has 0 aromatic heterocycles. The summed E-state index contributed by atoms with van der Waals surface area (Å²) in [5.74, 6) is 1.31. The van der Waals surface area contributed by atoms with Crippen LogP contribution in [0.4, 0.5) is 5.69 Å². The second-order valence-electron chi connectivity index (χ2n) is 5.27. The lowest BCUT2D eigenvalue weighted by atomic mass is 9.91. The van der Waals surface area contributed by atoms with E-state index in [4.69, 9.17) is 17.3 Å². The number of anilines is 1. The summed E-state index contributed by atoms with van der Waals surface area (Å²) in [4.78, 5) is 0. The molecular formula is C14H20ClNOS. The van der Waals surface area contributed by atoms with E-state index in [0.717, 1.165) is 18.4 Å². The Morgan fingerprint density at radius 3 is 2.89 bits per heavy atom. The van der Waals surface area contributed by atoms with E-state index in [1.165, 1.54) is 12.8 Å². The molecule has 2 nitrogen and oxygen atoms in total. The van der Waals surface area contributed by atoms with Gasteiger partial charge in [0.15, 0.2) is 0 Å². The minimum Gasteiger partial charge on any atom is -0.398 e. The molecule has 2 rings (SSSR count). The highest BCUT2D eigenvalue weighted by Gasteiger charge is 2.23. The van der Waals surface area contributed by atoms with Crippen LogP contribution in [0.15, 0.2) is 18.2 Å². The summed E-state index contributed by atoms with van der Waals surface area (Å²) in [6.45, 7) is 2.25. The Morgan fingerprint density at radius 1 is 1.44 bits per heavy atom. The summed E-state index contributed by atoms with van der Waals surface area (Å²) >= 11 is 5.88. The van der Waals surface area contributed by atoms with Crippen molar-refractivity contribution in [3.05, 3.63) is 28.8 Å². The molecule has 0 spiro atoms. The first-order chi connectivity index (χ1) is 8.56. The summed E-state index contributed by atoms with van der Waals surface area (Å²) in [7, 11) is -0.792. The predicted molar refractivity (Wildman–Crippen MR) is 79.1 cm³/mol. The molecule has 0 radical (unpaired) electrons. The van der Waals surface area contributed by atoms with Gasteiger partial charge in [-0.05, 0) is 36.5 Å². The monoisotopic (exact) mass is 285 g/mol. The van der Waals surface area contributed by atoms with E-state index in [2.05, 4.69) is 6.92 Å². The lowest BCUT2D eigenvalue weighted by Gasteiger charge is -2.26. The Balaban J connectivity index is 2.00. The van der Waals surface area contributed by atoms with Crippen molar-refractivity contribution in [2.75, 3.05) is 5.73 Å². The first kappa shape index (κ1) is 13.9. The Labute approximate surface area is 116 Å². The Kier molecular flexibility index (Phi) is 4.68. The summed E-state index contributed by atoms with van der Waals surface area (Å²) in [6, 6.07) is 5.54. The Bertz CT molecular complexity index is 449. The molecule has 0 saturated heterocycles. The summed E-state index contributed by atoms with van der Waals surface area (Å²) in [5.41, 5.74) is 7.36. The highest BCUT2D eigenvalue weighted by molar-refractivity contribution is 7.84. The van der Waals surface area contributed by atoms with Crippen molar-refractivity contribution in [2.24, 2.45) is 5.92 Å². The number of nitrogens with two attached hydrogens (primary N) is 1. The molecule has 1 aliphatic carbocycles. The summed E-state index contributed by atoms with van der Waals surface area (Å²) in [5, 5.41) is 0.918. The predicted octanol–water partition coefficient (Wildman–Crippen LogP) is 3.75. The van der Waals surface area contributed by atoms with Gasteiger partial charge in [-0.2, -0.15) is 0 Å². The fourth-order valence-corrected chi connectivity index (χ4v) is 4.42. The van der Waals surface area contributed by atoms with E-state index in [1.807, 2.05) is 12.1 Å². The van der Waals surface area contributed by atoms with Gasteiger partial charge in [-0.1, -0.05) is 37.4 Å². The molecule has 1 saturated carbocycles. The van der Waals surface area contributed by atoms with Crippen molar-refractivity contribution >= 4 is 28.1 Å². The maximum absolute atomic E-state index is 12.3. The third-order valence-corrected chi connectivity index (χ3v) is 5.76. The van der Waals surface area contributed by atoms with E-state index in [-0.39, 0.29) is 0 Å². The quantitative estimate of drug-likeness (QED) is 0.860. The fraction of sp³-hybridized carbons (Fsp3) is 0.571. The number of rotatable bonds is 3. The van der Waals surface area contributed by atoms with Crippen LogP contribution in [0.5, 0.6) is 0 Å². The van der Waals surface area contributed by atoms with Crippen LogP contribution >= 0.6 is 11.6 Å². The van der Waals surface area contributed by atoms with Gasteiger partial charge in [0.1, 0.15) is 0 Å². The van der Waals surface area contributed by atoms with E-state index >= 15 is 0 Å². The maximum atomic E-state index is 12.3. The van der Waals surface area contributed by atoms with E-state index in [1.54, 1.807) is 6.07 Å². The molecule has 0 bridgehead atoms. The van der Waals surface area contributed by atoms with E-state index in [9.17, 15) is 4.21 Å². The lowest BCUT2D eigenvalue weighted by Crippen LogP contribution is -2.24. The zero-order chi connectivity index (χ0) is 13.1. The molecule has 3 unspecified atom stereocenters. The number of hydrogen-bond acceptors (Lipinski definition) is 2. The second-order valence-corrected chi connectivity index (χ2v) is 7.40. The van der Waals surface area contributed by atoms with Crippen molar-refractivity contribution in [3.63, 3.8) is 0 Å². The van der Waals surface area contributed by atoms with Gasteiger partial charge in [0, 0.05) is 21.8 Å². The van der Waals surface area contributed by atoms with Crippen molar-refractivity contribution in [1.82, 2.24) is 0 Å². The first-order valence-corrected chi connectivity index (χ1v) is 8.23. The number of hydrogen-bond donors (Lipinski definition) is 1. The molecule has 1 aromatic rings. The SMILES string of the molecule is CC1CCCC(S(=O)Cc2ccc(Cl)c(N)c2)C1. The molecule has 1 fully saturated rings. The van der Waals surface area contributed by atoms with Gasteiger partial charge in [0.25, 0.3) is 0 Å². The van der Waals surface area contributed by atoms with Crippen molar-refractivity contribution < 1.29 is 4.21 Å². The lowest BCUT2D eigenvalue weighted by molar-refractivity contribution is 0.389. The van der Waals surface area contributed by atoms with Crippen LogP contribution in [0.25, 0.3) is 0 Å². The van der Waals surface area contributed by atoms with E-state index in [0.29, 0.717) is 27.6 Å². The van der Waals surface area contributed by atoms with Crippen LogP contribution in [0.3, 0.4) is 0 Å². The van der Waals surface area contributed by atoms with Gasteiger partial charge in [-0.25, -0.2) is 0 Å². The molecular weight excluding hydrogens is 266 g/mol. The summed E-state index contributed by atoms with van der Waals surface area (Å²) < 4.78 is 12.3. The smallest absolute Gasteiger partial charge is 0.0635 e. The van der Waals surface area contributed by atoms with Crippen LogP contribution < -0.4 is 5.73 Å². The normalized spacial score (nSPS) is 25.9. The maximum Gasteiger partial charge on any atom is 0.0635 e. The minimum atomic E-state index is -0.792. The van der Waals surface area contributed by atoms with Crippen LogP contribution in [0.2, 0.25) is 5.02 Å². The van der Waals surface area contributed by atoms with Gasteiger partial charge in [0.2, 0.25) is 0 Å². The van der Waals surface area contributed by atoms with Gasteiger partial charge in [-0.3, -0.25) is 4.21 Å². The van der Waals surface area contributed by atoms with Gasteiger partial charge in [0.05, 0.1) is 10.7 Å². The van der Waals surface area contributed by atoms with Crippen LogP contribution in [-0.4, -0.2) is 9.46 Å². The molecule has 2 N–H and O–H groups in total. The second kappa shape index (κ2) is 6.07. The minimum absolute atomic E-state index is 0.352. The fourth-order valence-electron chi connectivity index (χ4n) is 2.58. The molecule has 0 amide bonds. The molecule has 3 atom stereocenters. The molecule has 0 aliphatic heterocycles. The average Bonchev–Trinajstić information content (AvgIpc) is 2.34. The Morgan fingerprint density at radius 2 is 2.22 bits per heavy atom. The largest absolute Gasteiger partial charge is 0.398 e. The van der Waals surface area contributed by atoms with Gasteiger partial charge >= 0.3 is 0 Å². The van der Waals surface area contributed by atoms with Crippen molar-refractivity contribution in [2.45, 2.75) is 43.6 Å². The van der Waals surface area contributed by atoms with Crippen LogP contribution in [0, 0.1) is 5.92 Å². The topological polar surface area (TPSA) is 43.1 Å². The molecule has 4 heteroatoms. The van der Waals surface area contributed by atoms with Crippen molar-refractivity contribution in [1.29, 1.82) is 0 Å². The van der Waals surface area contributed by atoms with Crippen molar-refractivity contribution in [3.8, 4) is 0 Å². The Hall–Kier alpha value is -0.540. The molecule has 1 aromatic carbocycles. The third-order valence-electron chi connectivity index (χ3n) is 3.63. The molecule has 18 heavy (non-hydrogen) atoms. The summed E-state index contributed by atoms with van der Waals surface area (Å²) in [6.07, 6.45) is 4.68. The zero-order valence-corrected chi connectivity index (χ0v) is 12.3. The number of halogens is 1. The van der Waals surface area contributed by atoms with Crippen LogP contribution in [0.1, 0.15) is 38.2 Å².